The molecule has 5 nitrogen and oxygen atoms in total. The number of amidine groups is 1. The largest absolute Gasteiger partial charge is 0.338 e. The average Bonchev–Trinajstić information content (AvgIpc) is 3.01. The van der Waals surface area contributed by atoms with Crippen LogP contribution in [0, 0.1) is 0 Å². The van der Waals surface area contributed by atoms with E-state index in [0.29, 0.717) is 17.8 Å². The Morgan fingerprint density at radius 2 is 1.96 bits per heavy atom. The number of rotatable bonds is 3. The van der Waals surface area contributed by atoms with E-state index in [2.05, 4.69) is 17.4 Å². The van der Waals surface area contributed by atoms with Crippen LogP contribution >= 0.6 is 11.8 Å². The molecule has 1 aromatic carbocycles. The molecule has 1 saturated carbocycles. The third-order valence-electron chi connectivity index (χ3n) is 5.49. The Balaban J connectivity index is 1.34. The van der Waals surface area contributed by atoms with Gasteiger partial charge in [-0.3, -0.25) is 14.6 Å². The van der Waals surface area contributed by atoms with Gasteiger partial charge in [0.15, 0.2) is 5.17 Å². The van der Waals surface area contributed by atoms with Crippen molar-refractivity contribution < 1.29 is 9.59 Å². The standard InChI is InChI=1S/C20H25N3O2S/c24-18(23-11-10-14-6-4-5-7-15(14)13-23)12-17-19(25)22-20(26-17)21-16-8-2-1-3-9-16/h4-7,16-17H,1-3,8-13H2,(H,21,22,25). The number of benzene rings is 1. The Morgan fingerprint density at radius 1 is 1.19 bits per heavy atom. The molecule has 3 aliphatic rings. The monoisotopic (exact) mass is 371 g/mol. The van der Waals surface area contributed by atoms with Gasteiger partial charge in [0.25, 0.3) is 0 Å². The highest BCUT2D eigenvalue weighted by atomic mass is 32.2. The molecule has 6 heteroatoms. The molecular formula is C20H25N3O2S. The minimum Gasteiger partial charge on any atom is -0.338 e. The van der Waals surface area contributed by atoms with Crippen molar-refractivity contribution in [1.29, 1.82) is 0 Å². The number of hydrogen-bond donors (Lipinski definition) is 1. The van der Waals surface area contributed by atoms with Crippen molar-refractivity contribution in [2.24, 2.45) is 4.99 Å². The lowest BCUT2D eigenvalue weighted by Gasteiger charge is -2.29. The van der Waals surface area contributed by atoms with Gasteiger partial charge in [0.2, 0.25) is 11.8 Å². The lowest BCUT2D eigenvalue weighted by Crippen LogP contribution is -2.38. The molecule has 26 heavy (non-hydrogen) atoms. The maximum Gasteiger partial charge on any atom is 0.240 e. The van der Waals surface area contributed by atoms with Gasteiger partial charge >= 0.3 is 0 Å². The minimum absolute atomic E-state index is 0.0612. The number of carbonyl (C=O) groups is 2. The number of aliphatic imine (C=N–C) groups is 1. The first-order chi connectivity index (χ1) is 12.7. The maximum absolute atomic E-state index is 12.7. The molecule has 0 bridgehead atoms. The fraction of sp³-hybridized carbons (Fsp3) is 0.550. The molecular weight excluding hydrogens is 346 g/mol. The van der Waals surface area contributed by atoms with Crippen LogP contribution < -0.4 is 5.32 Å². The Bertz CT molecular complexity index is 728. The molecule has 2 aliphatic heterocycles. The summed E-state index contributed by atoms with van der Waals surface area (Å²) in [7, 11) is 0. The number of nitrogens with zero attached hydrogens (tertiary/aromatic N) is 2. The first-order valence-electron chi connectivity index (χ1n) is 9.59. The molecule has 2 amide bonds. The van der Waals surface area contributed by atoms with Gasteiger partial charge in [-0.05, 0) is 30.4 Å². The van der Waals surface area contributed by atoms with Crippen molar-refractivity contribution in [3.63, 3.8) is 0 Å². The number of hydrogen-bond acceptors (Lipinski definition) is 4. The molecule has 1 unspecified atom stereocenters. The smallest absolute Gasteiger partial charge is 0.240 e. The molecule has 0 radical (unpaired) electrons. The summed E-state index contributed by atoms with van der Waals surface area (Å²) in [6.07, 6.45) is 7.09. The molecule has 0 aromatic heterocycles. The van der Waals surface area contributed by atoms with Gasteiger partial charge in [0.1, 0.15) is 5.25 Å². The van der Waals surface area contributed by atoms with Crippen LogP contribution in [-0.4, -0.2) is 39.7 Å². The topological polar surface area (TPSA) is 61.8 Å². The van der Waals surface area contributed by atoms with Gasteiger partial charge in [-0.25, -0.2) is 0 Å². The molecule has 2 fully saturated rings. The van der Waals surface area contributed by atoms with Crippen molar-refractivity contribution in [1.82, 2.24) is 10.2 Å². The van der Waals surface area contributed by atoms with Crippen LogP contribution in [0.3, 0.4) is 0 Å². The van der Waals surface area contributed by atoms with E-state index in [1.807, 2.05) is 17.0 Å². The predicted molar refractivity (Wildman–Crippen MR) is 104 cm³/mol. The Hall–Kier alpha value is -1.82. The van der Waals surface area contributed by atoms with Gasteiger partial charge in [-0.1, -0.05) is 55.3 Å². The molecule has 1 N–H and O–H groups in total. The SMILES string of the molecule is O=C1NC(=NC2CCCCC2)SC1CC(=O)N1CCc2ccccc2C1. The number of carbonyl (C=O) groups excluding carboxylic acids is 2. The zero-order valence-corrected chi connectivity index (χ0v) is 15.8. The zero-order chi connectivity index (χ0) is 17.9. The molecule has 1 atom stereocenters. The fourth-order valence-electron chi connectivity index (χ4n) is 3.97. The number of amides is 2. The number of nitrogens with one attached hydrogen (secondary N) is 1. The van der Waals surface area contributed by atoms with Gasteiger partial charge in [-0.15, -0.1) is 0 Å². The van der Waals surface area contributed by atoms with Crippen LogP contribution in [0.5, 0.6) is 0 Å². The normalized spacial score (nSPS) is 25.2. The lowest BCUT2D eigenvalue weighted by molar-refractivity contribution is -0.133. The zero-order valence-electron chi connectivity index (χ0n) is 14.9. The van der Waals surface area contributed by atoms with Crippen molar-refractivity contribution >= 4 is 28.7 Å². The van der Waals surface area contributed by atoms with E-state index in [-0.39, 0.29) is 23.5 Å². The van der Waals surface area contributed by atoms with Gasteiger partial charge < -0.3 is 10.2 Å². The van der Waals surface area contributed by atoms with E-state index in [4.69, 9.17) is 4.99 Å². The maximum atomic E-state index is 12.7. The second-order valence-electron chi connectivity index (χ2n) is 7.36. The Morgan fingerprint density at radius 3 is 2.77 bits per heavy atom. The molecule has 4 rings (SSSR count). The molecule has 1 saturated heterocycles. The molecule has 2 heterocycles. The molecule has 0 spiro atoms. The third-order valence-corrected chi connectivity index (χ3v) is 6.59. The fourth-order valence-corrected chi connectivity index (χ4v) is 5.00. The summed E-state index contributed by atoms with van der Waals surface area (Å²) in [5.41, 5.74) is 2.54. The molecule has 1 aliphatic carbocycles. The van der Waals surface area contributed by atoms with Gasteiger partial charge in [0.05, 0.1) is 6.04 Å². The van der Waals surface area contributed by atoms with Crippen LogP contribution in [0.2, 0.25) is 0 Å². The van der Waals surface area contributed by atoms with Crippen molar-refractivity contribution in [3.05, 3.63) is 35.4 Å². The van der Waals surface area contributed by atoms with Crippen molar-refractivity contribution in [2.45, 2.75) is 62.8 Å². The van der Waals surface area contributed by atoms with E-state index < -0.39 is 0 Å². The van der Waals surface area contributed by atoms with Crippen LogP contribution in [0.15, 0.2) is 29.3 Å². The quantitative estimate of drug-likeness (QED) is 0.889. The second kappa shape index (κ2) is 7.82. The Labute approximate surface area is 158 Å². The predicted octanol–water partition coefficient (Wildman–Crippen LogP) is 2.88. The van der Waals surface area contributed by atoms with Gasteiger partial charge in [0, 0.05) is 19.5 Å². The van der Waals surface area contributed by atoms with Gasteiger partial charge in [-0.2, -0.15) is 0 Å². The molecule has 138 valence electrons. The van der Waals surface area contributed by atoms with Crippen LogP contribution in [0.1, 0.15) is 49.7 Å². The summed E-state index contributed by atoms with van der Waals surface area (Å²) in [5.74, 6) is -0.0126. The number of fused-ring (bicyclic) bond motifs is 1. The molecule has 1 aromatic rings. The van der Waals surface area contributed by atoms with Crippen molar-refractivity contribution in [3.8, 4) is 0 Å². The highest BCUT2D eigenvalue weighted by Crippen LogP contribution is 2.28. The highest BCUT2D eigenvalue weighted by Gasteiger charge is 2.34. The Kier molecular flexibility index (Phi) is 5.29. The minimum atomic E-state index is -0.345. The summed E-state index contributed by atoms with van der Waals surface area (Å²) in [4.78, 5) is 31.5. The van der Waals surface area contributed by atoms with E-state index >= 15 is 0 Å². The summed E-state index contributed by atoms with van der Waals surface area (Å²) < 4.78 is 0. The van der Waals surface area contributed by atoms with E-state index in [0.717, 1.165) is 25.8 Å². The van der Waals surface area contributed by atoms with Crippen molar-refractivity contribution in [2.75, 3.05) is 6.54 Å². The highest BCUT2D eigenvalue weighted by molar-refractivity contribution is 8.15. The summed E-state index contributed by atoms with van der Waals surface area (Å²) in [5, 5.41) is 3.24. The summed E-state index contributed by atoms with van der Waals surface area (Å²) in [6, 6.07) is 8.61. The first kappa shape index (κ1) is 17.6. The van der Waals surface area contributed by atoms with E-state index in [9.17, 15) is 9.59 Å². The van der Waals surface area contributed by atoms with Crippen LogP contribution in [0.25, 0.3) is 0 Å². The van der Waals surface area contributed by atoms with E-state index in [1.165, 1.54) is 42.2 Å². The summed E-state index contributed by atoms with van der Waals surface area (Å²) >= 11 is 1.43. The number of thioether (sulfide) groups is 1. The second-order valence-corrected chi connectivity index (χ2v) is 8.55. The average molecular weight is 372 g/mol. The van der Waals surface area contributed by atoms with Crippen LogP contribution in [-0.2, 0) is 22.6 Å². The lowest BCUT2D eigenvalue weighted by atomic mass is 9.96. The van der Waals surface area contributed by atoms with E-state index in [1.54, 1.807) is 0 Å². The summed E-state index contributed by atoms with van der Waals surface area (Å²) in [6.45, 7) is 1.38. The third kappa shape index (κ3) is 3.95. The van der Waals surface area contributed by atoms with Crippen LogP contribution in [0.4, 0.5) is 0 Å². The first-order valence-corrected chi connectivity index (χ1v) is 10.5.